The van der Waals surface area contributed by atoms with Gasteiger partial charge in [0.25, 0.3) is 0 Å². The molecule has 0 atom stereocenters. The summed E-state index contributed by atoms with van der Waals surface area (Å²) < 4.78 is 0. The minimum absolute atomic E-state index is 0.601. The van der Waals surface area contributed by atoms with Crippen LogP contribution in [0.4, 0.5) is 17.1 Å². The van der Waals surface area contributed by atoms with E-state index in [-0.39, 0.29) is 0 Å². The molecule has 4 nitrogen and oxygen atoms in total. The van der Waals surface area contributed by atoms with Crippen molar-refractivity contribution in [2.45, 2.75) is 0 Å². The fourth-order valence-corrected chi connectivity index (χ4v) is 2.34. The zero-order valence-electron chi connectivity index (χ0n) is 12.2. The van der Waals surface area contributed by atoms with E-state index in [0.717, 1.165) is 34.4 Å². The van der Waals surface area contributed by atoms with Crippen LogP contribution in [-0.4, -0.2) is 13.1 Å². The van der Waals surface area contributed by atoms with Crippen molar-refractivity contribution in [3.8, 4) is 0 Å². The molecule has 0 bridgehead atoms. The second-order valence-electron chi connectivity index (χ2n) is 4.93. The Bertz CT molecular complexity index is 781. The fourth-order valence-electron chi connectivity index (χ4n) is 2.34. The molecule has 0 radical (unpaired) electrons. The highest BCUT2D eigenvalue weighted by molar-refractivity contribution is 6.00. The quantitative estimate of drug-likeness (QED) is 0.673. The molecule has 3 N–H and O–H groups in total. The van der Waals surface area contributed by atoms with Crippen molar-refractivity contribution < 1.29 is 0 Å². The van der Waals surface area contributed by atoms with Crippen molar-refractivity contribution >= 4 is 27.8 Å². The second-order valence-corrected chi connectivity index (χ2v) is 4.93. The van der Waals surface area contributed by atoms with E-state index in [1.165, 1.54) is 0 Å². The highest BCUT2D eigenvalue weighted by Gasteiger charge is 2.04. The van der Waals surface area contributed by atoms with Crippen molar-refractivity contribution in [2.75, 3.05) is 18.4 Å². The van der Waals surface area contributed by atoms with Gasteiger partial charge in [-0.25, -0.2) is 0 Å². The molecular weight excluding hydrogens is 272 g/mol. The van der Waals surface area contributed by atoms with Crippen LogP contribution in [0.25, 0.3) is 10.8 Å². The first-order valence-corrected chi connectivity index (χ1v) is 7.31. The van der Waals surface area contributed by atoms with Gasteiger partial charge in [0, 0.05) is 29.5 Å². The van der Waals surface area contributed by atoms with Gasteiger partial charge in [0.2, 0.25) is 0 Å². The van der Waals surface area contributed by atoms with Crippen LogP contribution in [0.1, 0.15) is 0 Å². The van der Waals surface area contributed by atoms with Crippen molar-refractivity contribution in [3.63, 3.8) is 0 Å². The van der Waals surface area contributed by atoms with E-state index in [0.29, 0.717) is 6.54 Å². The zero-order chi connectivity index (χ0) is 15.2. The summed E-state index contributed by atoms with van der Waals surface area (Å²) in [5.41, 5.74) is 8.34. The highest BCUT2D eigenvalue weighted by Crippen LogP contribution is 2.32. The molecule has 0 aromatic heterocycles. The number of hydrogen-bond acceptors (Lipinski definition) is 4. The molecule has 0 heterocycles. The lowest BCUT2D eigenvalue weighted by Crippen LogP contribution is -2.13. The summed E-state index contributed by atoms with van der Waals surface area (Å²) in [7, 11) is 0. The average molecular weight is 290 g/mol. The monoisotopic (exact) mass is 290 g/mol. The average Bonchev–Trinajstić information content (AvgIpc) is 2.59. The minimum Gasteiger partial charge on any atom is -0.383 e. The van der Waals surface area contributed by atoms with Crippen LogP contribution in [0.2, 0.25) is 0 Å². The zero-order valence-corrected chi connectivity index (χ0v) is 12.2. The third kappa shape index (κ3) is 3.13. The van der Waals surface area contributed by atoms with E-state index in [1.54, 1.807) is 0 Å². The van der Waals surface area contributed by atoms with Crippen LogP contribution in [-0.2, 0) is 0 Å². The molecule has 3 aromatic carbocycles. The van der Waals surface area contributed by atoms with Crippen LogP contribution in [0.3, 0.4) is 0 Å². The van der Waals surface area contributed by atoms with Crippen LogP contribution in [0, 0.1) is 0 Å². The number of rotatable bonds is 5. The number of anilines is 1. The minimum atomic E-state index is 0.601. The number of azo groups is 1. The number of nitrogens with one attached hydrogen (secondary N) is 1. The van der Waals surface area contributed by atoms with Gasteiger partial charge in [-0.1, -0.05) is 42.5 Å². The molecule has 4 heteroatoms. The summed E-state index contributed by atoms with van der Waals surface area (Å²) in [6, 6.07) is 21.9. The van der Waals surface area contributed by atoms with Crippen molar-refractivity contribution in [3.05, 3.63) is 66.7 Å². The summed E-state index contributed by atoms with van der Waals surface area (Å²) in [6.07, 6.45) is 0. The van der Waals surface area contributed by atoms with Crippen molar-refractivity contribution in [1.29, 1.82) is 0 Å². The molecule has 0 spiro atoms. The molecule has 22 heavy (non-hydrogen) atoms. The Morgan fingerprint density at radius 2 is 1.50 bits per heavy atom. The number of nitrogens with two attached hydrogens (primary N) is 1. The lowest BCUT2D eigenvalue weighted by molar-refractivity contribution is 1.03. The molecule has 0 amide bonds. The fraction of sp³-hybridized carbons (Fsp3) is 0.111. The van der Waals surface area contributed by atoms with Gasteiger partial charge in [-0.2, -0.15) is 5.11 Å². The third-order valence-electron chi connectivity index (χ3n) is 3.39. The van der Waals surface area contributed by atoms with Crippen molar-refractivity contribution in [1.82, 2.24) is 0 Å². The van der Waals surface area contributed by atoms with Gasteiger partial charge < -0.3 is 11.1 Å². The molecule has 0 aliphatic heterocycles. The standard InChI is InChI=1S/C18H18N4/c19-12-13-20-17-10-11-18(16-9-5-4-8-15(16)17)22-21-14-6-2-1-3-7-14/h1-11,20H,12-13,19H2/b22-21+. The van der Waals surface area contributed by atoms with Gasteiger partial charge >= 0.3 is 0 Å². The van der Waals surface area contributed by atoms with Gasteiger partial charge in [-0.15, -0.1) is 5.11 Å². The first-order valence-electron chi connectivity index (χ1n) is 7.31. The first kappa shape index (κ1) is 14.2. The summed E-state index contributed by atoms with van der Waals surface area (Å²) in [5, 5.41) is 14.2. The normalized spacial score (nSPS) is 11.1. The lowest BCUT2D eigenvalue weighted by atomic mass is 10.1. The van der Waals surface area contributed by atoms with Crippen LogP contribution in [0.5, 0.6) is 0 Å². The predicted molar refractivity (Wildman–Crippen MR) is 92.1 cm³/mol. The number of benzene rings is 3. The van der Waals surface area contributed by atoms with E-state index < -0.39 is 0 Å². The van der Waals surface area contributed by atoms with Crippen LogP contribution in [0.15, 0.2) is 77.0 Å². The van der Waals surface area contributed by atoms with E-state index in [2.05, 4.69) is 27.7 Å². The Morgan fingerprint density at radius 1 is 0.773 bits per heavy atom. The Hall–Kier alpha value is -2.72. The summed E-state index contributed by atoms with van der Waals surface area (Å²) in [5.74, 6) is 0. The molecule has 3 rings (SSSR count). The van der Waals surface area contributed by atoms with E-state index in [1.807, 2.05) is 54.6 Å². The smallest absolute Gasteiger partial charge is 0.0936 e. The van der Waals surface area contributed by atoms with E-state index in [4.69, 9.17) is 5.73 Å². The number of nitrogens with zero attached hydrogens (tertiary/aromatic N) is 2. The first-order chi connectivity index (χ1) is 10.9. The molecule has 110 valence electrons. The molecule has 0 aliphatic rings. The summed E-state index contributed by atoms with van der Waals surface area (Å²) in [6.45, 7) is 1.35. The van der Waals surface area contributed by atoms with E-state index >= 15 is 0 Å². The summed E-state index contributed by atoms with van der Waals surface area (Å²) in [4.78, 5) is 0. The molecule has 0 aliphatic carbocycles. The molecule has 0 saturated carbocycles. The molecule has 0 unspecified atom stereocenters. The van der Waals surface area contributed by atoms with Gasteiger partial charge in [0.1, 0.15) is 0 Å². The molecule has 0 fully saturated rings. The van der Waals surface area contributed by atoms with Gasteiger partial charge in [0.05, 0.1) is 11.4 Å². The highest BCUT2D eigenvalue weighted by atomic mass is 15.1. The van der Waals surface area contributed by atoms with Crippen molar-refractivity contribution in [2.24, 2.45) is 16.0 Å². The van der Waals surface area contributed by atoms with Crippen LogP contribution >= 0.6 is 0 Å². The largest absolute Gasteiger partial charge is 0.383 e. The predicted octanol–water partition coefficient (Wildman–Crippen LogP) is 4.63. The molecule has 3 aromatic rings. The van der Waals surface area contributed by atoms with Gasteiger partial charge in [-0.05, 0) is 24.3 Å². The lowest BCUT2D eigenvalue weighted by Gasteiger charge is -2.10. The summed E-state index contributed by atoms with van der Waals surface area (Å²) >= 11 is 0. The number of hydrogen-bond donors (Lipinski definition) is 2. The second kappa shape index (κ2) is 6.83. The maximum absolute atomic E-state index is 5.57. The Balaban J connectivity index is 1.99. The Labute approximate surface area is 129 Å². The third-order valence-corrected chi connectivity index (χ3v) is 3.39. The molecule has 0 saturated heterocycles. The SMILES string of the molecule is NCCNc1ccc(/N=N/c2ccccc2)c2ccccc12. The Morgan fingerprint density at radius 3 is 2.27 bits per heavy atom. The van der Waals surface area contributed by atoms with Gasteiger partial charge in [-0.3, -0.25) is 0 Å². The Kier molecular flexibility index (Phi) is 4.41. The van der Waals surface area contributed by atoms with Crippen LogP contribution < -0.4 is 11.1 Å². The van der Waals surface area contributed by atoms with Gasteiger partial charge in [0.15, 0.2) is 0 Å². The topological polar surface area (TPSA) is 62.8 Å². The number of fused-ring (bicyclic) bond motifs is 1. The maximum atomic E-state index is 5.57. The maximum Gasteiger partial charge on any atom is 0.0936 e. The van der Waals surface area contributed by atoms with E-state index in [9.17, 15) is 0 Å². The molecular formula is C18H18N4.